The molecule has 148 valence electrons. The number of rotatable bonds is 7. The number of hydrogen-bond donors (Lipinski definition) is 2. The molecule has 1 saturated heterocycles. The number of piperidine rings is 1. The summed E-state index contributed by atoms with van der Waals surface area (Å²) in [5.41, 5.74) is 1.74. The van der Waals surface area contributed by atoms with E-state index < -0.39 is 0 Å². The van der Waals surface area contributed by atoms with Gasteiger partial charge >= 0.3 is 0 Å². The second kappa shape index (κ2) is 11.7. The van der Waals surface area contributed by atoms with Crippen LogP contribution < -0.4 is 10.9 Å². The zero-order valence-electron chi connectivity index (χ0n) is 15.1. The Labute approximate surface area is 171 Å². The maximum atomic E-state index is 12.2. The molecule has 1 aromatic carbocycles. The van der Waals surface area contributed by atoms with Crippen LogP contribution in [-0.4, -0.2) is 40.8 Å². The number of aromatic amines is 1. The molecule has 0 amide bonds. The number of carbonyl (C=O) groups excluding carboxylic acids is 1. The molecule has 0 radical (unpaired) electrons. The van der Waals surface area contributed by atoms with E-state index >= 15 is 0 Å². The third-order valence-electron chi connectivity index (χ3n) is 4.70. The molecule has 0 atom stereocenters. The van der Waals surface area contributed by atoms with Gasteiger partial charge in [0, 0.05) is 30.8 Å². The zero-order valence-corrected chi connectivity index (χ0v) is 16.7. The molecule has 0 unspecified atom stereocenters. The fourth-order valence-corrected chi connectivity index (χ4v) is 3.06. The predicted molar refractivity (Wildman–Crippen MR) is 112 cm³/mol. The van der Waals surface area contributed by atoms with Gasteiger partial charge in [0.2, 0.25) is 5.95 Å². The number of anilines is 1. The van der Waals surface area contributed by atoms with Gasteiger partial charge in [-0.3, -0.25) is 9.78 Å². The number of nitrogens with one attached hydrogen (secondary N) is 2. The molecule has 1 aromatic heterocycles. The van der Waals surface area contributed by atoms with Gasteiger partial charge in [-0.2, -0.15) is 0 Å². The van der Waals surface area contributed by atoms with E-state index in [-0.39, 0.29) is 36.3 Å². The molecular formula is C19H26Cl2N4O2. The maximum Gasteiger partial charge on any atom is 0.255 e. The predicted octanol–water partition coefficient (Wildman–Crippen LogP) is 2.68. The Hall–Kier alpha value is -1.89. The third-order valence-corrected chi connectivity index (χ3v) is 4.70. The van der Waals surface area contributed by atoms with Gasteiger partial charge in [-0.25, -0.2) is 4.98 Å². The van der Waals surface area contributed by atoms with Crippen LogP contribution in [0, 0.1) is 5.92 Å². The number of H-pyrrole nitrogens is 1. The van der Waals surface area contributed by atoms with E-state index in [0.717, 1.165) is 44.3 Å². The summed E-state index contributed by atoms with van der Waals surface area (Å²) in [6.07, 6.45) is 5.23. The van der Waals surface area contributed by atoms with Crippen LogP contribution in [0.4, 0.5) is 5.95 Å². The third kappa shape index (κ3) is 6.97. The monoisotopic (exact) mass is 412 g/mol. The standard InChI is InChI=1S/C19H24N4O2.2ClH/c24-14-16-6-9-23(10-7-16)11-8-17-13-21-19(22-18(17)25)20-12-15-4-2-1-3-5-15;;/h1-5,13-14,16H,6-12H2,(H2,20,21,22,25);2*1H. The van der Waals surface area contributed by atoms with Gasteiger partial charge in [0.05, 0.1) is 0 Å². The Balaban J connectivity index is 0.00000182. The Morgan fingerprint density at radius 2 is 1.89 bits per heavy atom. The summed E-state index contributed by atoms with van der Waals surface area (Å²) < 4.78 is 0. The quantitative estimate of drug-likeness (QED) is 0.683. The van der Waals surface area contributed by atoms with Crippen molar-refractivity contribution in [1.82, 2.24) is 14.9 Å². The van der Waals surface area contributed by atoms with Crippen LogP contribution in [0.15, 0.2) is 41.3 Å². The average molecular weight is 413 g/mol. The minimum atomic E-state index is -0.0895. The number of nitrogens with zero attached hydrogens (tertiary/aromatic N) is 2. The van der Waals surface area contributed by atoms with Crippen LogP contribution in [0.2, 0.25) is 0 Å². The van der Waals surface area contributed by atoms with Gasteiger partial charge in [0.1, 0.15) is 6.29 Å². The summed E-state index contributed by atoms with van der Waals surface area (Å²) in [4.78, 5) is 32.4. The average Bonchev–Trinajstić information content (AvgIpc) is 2.67. The second-order valence-electron chi connectivity index (χ2n) is 6.49. The number of hydrogen-bond acceptors (Lipinski definition) is 5. The highest BCUT2D eigenvalue weighted by molar-refractivity contribution is 5.85. The van der Waals surface area contributed by atoms with Gasteiger partial charge in [-0.1, -0.05) is 30.3 Å². The van der Waals surface area contributed by atoms with Crippen LogP contribution in [0.25, 0.3) is 0 Å². The van der Waals surface area contributed by atoms with Crippen molar-refractivity contribution in [3.8, 4) is 0 Å². The van der Waals surface area contributed by atoms with Crippen molar-refractivity contribution in [1.29, 1.82) is 0 Å². The van der Waals surface area contributed by atoms with E-state index in [2.05, 4.69) is 20.2 Å². The molecule has 2 heterocycles. The van der Waals surface area contributed by atoms with Crippen molar-refractivity contribution in [2.75, 3.05) is 25.0 Å². The van der Waals surface area contributed by atoms with E-state index in [4.69, 9.17) is 0 Å². The van der Waals surface area contributed by atoms with Gasteiger partial charge in [-0.15, -0.1) is 24.8 Å². The van der Waals surface area contributed by atoms with Crippen molar-refractivity contribution in [2.24, 2.45) is 5.92 Å². The number of carbonyl (C=O) groups is 1. The highest BCUT2D eigenvalue weighted by atomic mass is 35.5. The zero-order chi connectivity index (χ0) is 17.5. The van der Waals surface area contributed by atoms with Crippen LogP contribution in [0.1, 0.15) is 24.0 Å². The van der Waals surface area contributed by atoms with E-state index in [1.807, 2.05) is 30.3 Å². The molecule has 1 aliphatic heterocycles. The Morgan fingerprint density at radius 1 is 1.19 bits per heavy atom. The first-order valence-corrected chi connectivity index (χ1v) is 8.78. The van der Waals surface area contributed by atoms with E-state index in [9.17, 15) is 9.59 Å². The van der Waals surface area contributed by atoms with Gasteiger partial charge in [-0.05, 0) is 37.9 Å². The van der Waals surface area contributed by atoms with Crippen molar-refractivity contribution in [2.45, 2.75) is 25.8 Å². The summed E-state index contributed by atoms with van der Waals surface area (Å²) in [6.45, 7) is 3.29. The minimum absolute atomic E-state index is 0. The van der Waals surface area contributed by atoms with Crippen molar-refractivity contribution < 1.29 is 4.79 Å². The van der Waals surface area contributed by atoms with E-state index in [1.165, 1.54) is 0 Å². The van der Waals surface area contributed by atoms with Gasteiger partial charge < -0.3 is 15.0 Å². The molecule has 0 aliphatic carbocycles. The molecule has 0 bridgehead atoms. The Kier molecular flexibility index (Phi) is 10.1. The Bertz CT molecular complexity index is 747. The molecule has 0 spiro atoms. The van der Waals surface area contributed by atoms with Crippen LogP contribution in [0.3, 0.4) is 0 Å². The highest BCUT2D eigenvalue weighted by Gasteiger charge is 2.18. The maximum absolute atomic E-state index is 12.2. The van der Waals surface area contributed by atoms with Crippen molar-refractivity contribution >= 4 is 37.0 Å². The van der Waals surface area contributed by atoms with Crippen LogP contribution in [-0.2, 0) is 17.8 Å². The molecule has 1 fully saturated rings. The number of aldehydes is 1. The second-order valence-corrected chi connectivity index (χ2v) is 6.49. The molecule has 6 nitrogen and oxygen atoms in total. The molecule has 2 N–H and O–H groups in total. The number of halogens is 2. The summed E-state index contributed by atoms with van der Waals surface area (Å²) in [5.74, 6) is 0.695. The topological polar surface area (TPSA) is 78.1 Å². The van der Waals surface area contributed by atoms with Gasteiger partial charge in [0.25, 0.3) is 5.56 Å². The molecular weight excluding hydrogens is 387 g/mol. The van der Waals surface area contributed by atoms with Crippen LogP contribution >= 0.6 is 24.8 Å². The first-order valence-electron chi connectivity index (χ1n) is 8.78. The molecule has 3 rings (SSSR count). The summed E-state index contributed by atoms with van der Waals surface area (Å²) >= 11 is 0. The van der Waals surface area contributed by atoms with Crippen molar-refractivity contribution in [3.05, 3.63) is 58.0 Å². The SMILES string of the molecule is Cl.Cl.O=CC1CCN(CCc2cnc(NCc3ccccc3)[nH]c2=O)CC1. The summed E-state index contributed by atoms with van der Waals surface area (Å²) in [7, 11) is 0. The first kappa shape index (κ1) is 23.1. The van der Waals surface area contributed by atoms with E-state index in [1.54, 1.807) is 6.20 Å². The molecule has 8 heteroatoms. The van der Waals surface area contributed by atoms with Crippen molar-refractivity contribution in [3.63, 3.8) is 0 Å². The molecule has 2 aromatic rings. The Morgan fingerprint density at radius 3 is 2.52 bits per heavy atom. The number of aromatic nitrogens is 2. The highest BCUT2D eigenvalue weighted by Crippen LogP contribution is 2.14. The van der Waals surface area contributed by atoms with Crippen LogP contribution in [0.5, 0.6) is 0 Å². The fraction of sp³-hybridized carbons (Fsp3) is 0.421. The lowest BCUT2D eigenvalue weighted by Gasteiger charge is -2.29. The summed E-state index contributed by atoms with van der Waals surface area (Å²) in [6, 6.07) is 9.97. The first-order chi connectivity index (χ1) is 12.2. The lowest BCUT2D eigenvalue weighted by atomic mass is 9.98. The number of likely N-dealkylation sites (tertiary alicyclic amines) is 1. The summed E-state index contributed by atoms with van der Waals surface area (Å²) in [5, 5.41) is 3.14. The molecule has 0 saturated carbocycles. The van der Waals surface area contributed by atoms with Gasteiger partial charge in [0.15, 0.2) is 0 Å². The lowest BCUT2D eigenvalue weighted by molar-refractivity contribution is -0.112. The fourth-order valence-electron chi connectivity index (χ4n) is 3.06. The minimum Gasteiger partial charge on any atom is -0.352 e. The lowest BCUT2D eigenvalue weighted by Crippen LogP contribution is -2.36. The molecule has 1 aliphatic rings. The van der Waals surface area contributed by atoms with E-state index in [0.29, 0.717) is 24.5 Å². The largest absolute Gasteiger partial charge is 0.352 e. The molecule has 27 heavy (non-hydrogen) atoms. The normalized spacial score (nSPS) is 14.7. The number of benzene rings is 1. The smallest absolute Gasteiger partial charge is 0.255 e.